The van der Waals surface area contributed by atoms with E-state index < -0.39 is 17.1 Å². The van der Waals surface area contributed by atoms with Gasteiger partial charge in [-0.2, -0.15) is 0 Å². The Morgan fingerprint density at radius 2 is 0.667 bits per heavy atom. The molecule has 0 bridgehead atoms. The summed E-state index contributed by atoms with van der Waals surface area (Å²) in [5, 5.41) is 0. The Bertz CT molecular complexity index is 531. The fourth-order valence-electron chi connectivity index (χ4n) is 4.58. The van der Waals surface area contributed by atoms with Crippen molar-refractivity contribution in [3.63, 3.8) is 0 Å². The van der Waals surface area contributed by atoms with Crippen molar-refractivity contribution >= 4 is 0 Å². The van der Waals surface area contributed by atoms with Crippen molar-refractivity contribution in [2.75, 3.05) is 0 Å². The minimum atomic E-state index is -0.927. The van der Waals surface area contributed by atoms with Crippen molar-refractivity contribution in [2.45, 2.75) is 77.3 Å². The maximum atomic E-state index is 2.53. The fraction of sp³-hybridized carbons (Fsp3) is 0.600. The molecule has 2 rings (SSSR count). The first-order chi connectivity index (χ1) is 9.48. The average Bonchev–Trinajstić information content (AvgIpc) is 2.67. The SMILES string of the molecule is CC1=C(C)[C](C)([Zn][C]2(C)C(C)=C(C)C(C)=C2C)C(C)=C1C. The van der Waals surface area contributed by atoms with Crippen LogP contribution >= 0.6 is 0 Å². The Balaban J connectivity index is 2.54. The zero-order chi connectivity index (χ0) is 16.3. The van der Waals surface area contributed by atoms with Gasteiger partial charge < -0.3 is 0 Å². The average molecular weight is 336 g/mol. The van der Waals surface area contributed by atoms with Gasteiger partial charge in [0, 0.05) is 0 Å². The van der Waals surface area contributed by atoms with E-state index in [1.807, 2.05) is 0 Å². The van der Waals surface area contributed by atoms with Crippen molar-refractivity contribution in [3.05, 3.63) is 44.6 Å². The first kappa shape index (κ1) is 16.9. The summed E-state index contributed by atoms with van der Waals surface area (Å²) in [6.45, 7) is 23.9. The van der Waals surface area contributed by atoms with Gasteiger partial charge in [0.25, 0.3) is 0 Å². The molecule has 0 atom stereocenters. The van der Waals surface area contributed by atoms with Crippen LogP contribution in [0.2, 0.25) is 8.02 Å². The number of allylic oxidation sites excluding steroid dienone is 8. The van der Waals surface area contributed by atoms with Crippen LogP contribution in [-0.2, 0) is 17.1 Å². The molecule has 0 spiro atoms. The van der Waals surface area contributed by atoms with Gasteiger partial charge in [-0.15, -0.1) is 0 Å². The molecule has 0 nitrogen and oxygen atoms in total. The summed E-state index contributed by atoms with van der Waals surface area (Å²) in [6, 6.07) is 0. The third kappa shape index (κ3) is 2.11. The first-order valence-corrected chi connectivity index (χ1v) is 11.2. The van der Waals surface area contributed by atoms with Crippen LogP contribution in [0, 0.1) is 0 Å². The van der Waals surface area contributed by atoms with E-state index in [1.165, 1.54) is 0 Å². The minimum absolute atomic E-state index is 0.392. The van der Waals surface area contributed by atoms with E-state index in [2.05, 4.69) is 69.2 Å². The molecule has 0 saturated carbocycles. The van der Waals surface area contributed by atoms with Crippen LogP contribution in [0.15, 0.2) is 44.6 Å². The predicted molar refractivity (Wildman–Crippen MR) is 90.2 cm³/mol. The summed E-state index contributed by atoms with van der Waals surface area (Å²) >= 11 is -0.927. The summed E-state index contributed by atoms with van der Waals surface area (Å²) in [4.78, 5) is 0. The van der Waals surface area contributed by atoms with E-state index in [-0.39, 0.29) is 0 Å². The van der Waals surface area contributed by atoms with Crippen LogP contribution in [0.25, 0.3) is 0 Å². The zero-order valence-electron chi connectivity index (χ0n) is 15.7. The molecule has 0 aromatic rings. The molecule has 0 N–H and O–H groups in total. The molecule has 0 aromatic carbocycles. The molecule has 0 saturated heterocycles. The van der Waals surface area contributed by atoms with Crippen molar-refractivity contribution in [1.29, 1.82) is 0 Å². The molecule has 0 heterocycles. The van der Waals surface area contributed by atoms with Crippen molar-refractivity contribution < 1.29 is 17.1 Å². The molecular weight excluding hydrogens is 306 g/mol. The normalized spacial score (nSPS) is 24.5. The predicted octanol–water partition coefficient (Wildman–Crippen LogP) is 6.80. The molecule has 0 radical (unpaired) electrons. The zero-order valence-corrected chi connectivity index (χ0v) is 18.7. The Kier molecular flexibility index (Phi) is 4.08. The monoisotopic (exact) mass is 334 g/mol. The van der Waals surface area contributed by atoms with Gasteiger partial charge in [-0.05, 0) is 0 Å². The molecular formula is C20H30Zn. The van der Waals surface area contributed by atoms with E-state index in [4.69, 9.17) is 0 Å². The third-order valence-corrected chi connectivity index (χ3v) is 14.8. The molecule has 112 valence electrons. The quantitative estimate of drug-likeness (QED) is 0.487. The second-order valence-electron chi connectivity index (χ2n) is 7.84. The molecule has 1 heteroatoms. The standard InChI is InChI=1S/2C10H15.Zn/c2*1-6-7(2)9(4)10(5)8(6)3;/h2*1-5H3;. The van der Waals surface area contributed by atoms with Crippen molar-refractivity contribution in [2.24, 2.45) is 0 Å². The molecule has 0 aromatic heterocycles. The molecule has 0 unspecified atom stereocenters. The first-order valence-electron chi connectivity index (χ1n) is 8.21. The van der Waals surface area contributed by atoms with Crippen LogP contribution in [0.5, 0.6) is 0 Å². The Morgan fingerprint density at radius 3 is 0.857 bits per heavy atom. The van der Waals surface area contributed by atoms with E-state index in [0.29, 0.717) is 8.02 Å². The summed E-state index contributed by atoms with van der Waals surface area (Å²) in [5.74, 6) is 0. The fourth-order valence-corrected chi connectivity index (χ4v) is 12.0. The Labute approximate surface area is 139 Å². The van der Waals surface area contributed by atoms with Crippen LogP contribution < -0.4 is 0 Å². The maximum absolute atomic E-state index is 2.53. The van der Waals surface area contributed by atoms with E-state index in [1.54, 1.807) is 44.6 Å². The molecule has 2 aliphatic carbocycles. The van der Waals surface area contributed by atoms with E-state index >= 15 is 0 Å². The molecule has 2 aliphatic rings. The van der Waals surface area contributed by atoms with Crippen LogP contribution in [0.4, 0.5) is 0 Å². The van der Waals surface area contributed by atoms with E-state index in [9.17, 15) is 0 Å². The second-order valence-corrected chi connectivity index (χ2v) is 14.5. The number of hydrogen-bond donors (Lipinski definition) is 0. The van der Waals surface area contributed by atoms with Crippen LogP contribution in [0.3, 0.4) is 0 Å². The van der Waals surface area contributed by atoms with Gasteiger partial charge in [-0.25, -0.2) is 0 Å². The summed E-state index contributed by atoms with van der Waals surface area (Å²) in [6.07, 6.45) is 0. The van der Waals surface area contributed by atoms with Gasteiger partial charge in [0.15, 0.2) is 0 Å². The van der Waals surface area contributed by atoms with Gasteiger partial charge in [-0.1, -0.05) is 0 Å². The van der Waals surface area contributed by atoms with Gasteiger partial charge in [0.05, 0.1) is 0 Å². The van der Waals surface area contributed by atoms with Crippen LogP contribution in [-0.4, -0.2) is 0 Å². The van der Waals surface area contributed by atoms with Gasteiger partial charge in [-0.3, -0.25) is 0 Å². The molecule has 0 fully saturated rings. The Morgan fingerprint density at radius 1 is 0.476 bits per heavy atom. The summed E-state index contributed by atoms with van der Waals surface area (Å²) in [5.41, 5.74) is 12.8. The van der Waals surface area contributed by atoms with Gasteiger partial charge in [0.2, 0.25) is 0 Å². The van der Waals surface area contributed by atoms with Crippen molar-refractivity contribution in [3.8, 4) is 0 Å². The van der Waals surface area contributed by atoms with Crippen LogP contribution in [0.1, 0.15) is 69.2 Å². The third-order valence-electron chi connectivity index (χ3n) is 7.39. The second kappa shape index (κ2) is 5.05. The molecule has 0 amide bonds. The molecule has 21 heavy (non-hydrogen) atoms. The van der Waals surface area contributed by atoms with Gasteiger partial charge >= 0.3 is 139 Å². The Hall–Kier alpha value is -0.417. The van der Waals surface area contributed by atoms with Crippen molar-refractivity contribution in [1.82, 2.24) is 0 Å². The molecule has 0 aliphatic heterocycles. The number of rotatable bonds is 2. The summed E-state index contributed by atoms with van der Waals surface area (Å²) < 4.78 is 0.784. The van der Waals surface area contributed by atoms with E-state index in [0.717, 1.165) is 0 Å². The summed E-state index contributed by atoms with van der Waals surface area (Å²) in [7, 11) is 0. The number of hydrogen-bond acceptors (Lipinski definition) is 0. The topological polar surface area (TPSA) is 0 Å². The van der Waals surface area contributed by atoms with Gasteiger partial charge in [0.1, 0.15) is 0 Å².